The number of hydrogen-bond acceptors (Lipinski definition) is 4. The predicted molar refractivity (Wildman–Crippen MR) is 97.2 cm³/mol. The fourth-order valence-electron chi connectivity index (χ4n) is 2.42. The Morgan fingerprint density at radius 3 is 2.44 bits per heavy atom. The van der Waals surface area contributed by atoms with Gasteiger partial charge in [0.2, 0.25) is 5.89 Å². The summed E-state index contributed by atoms with van der Waals surface area (Å²) in [5.74, 6) is 1.09. The standard InChI is InChI=1S/C19H28N4O2/c1-7-16-21-17(25-22-16)12-23(6)18(24)20-13(2)14-8-10-15(11-9-14)19(3,4)5/h8-11,13H,7,12H2,1-6H3,(H,20,24)/t13-/m1/s1. The minimum atomic E-state index is -0.177. The molecule has 0 aliphatic carbocycles. The van der Waals surface area contributed by atoms with Crippen molar-refractivity contribution in [3.63, 3.8) is 0 Å². The van der Waals surface area contributed by atoms with E-state index in [1.54, 1.807) is 7.05 Å². The lowest BCUT2D eigenvalue weighted by Gasteiger charge is -2.22. The van der Waals surface area contributed by atoms with E-state index in [0.717, 1.165) is 5.56 Å². The summed E-state index contributed by atoms with van der Waals surface area (Å²) in [4.78, 5) is 18.1. The molecule has 0 saturated carbocycles. The van der Waals surface area contributed by atoms with E-state index in [2.05, 4.69) is 60.5 Å². The zero-order chi connectivity index (χ0) is 18.6. The topological polar surface area (TPSA) is 71.3 Å². The molecule has 0 saturated heterocycles. The van der Waals surface area contributed by atoms with Gasteiger partial charge in [0.1, 0.15) is 6.54 Å². The lowest BCUT2D eigenvalue weighted by atomic mass is 9.86. The third-order valence-electron chi connectivity index (χ3n) is 4.16. The van der Waals surface area contributed by atoms with Crippen molar-refractivity contribution in [2.24, 2.45) is 0 Å². The van der Waals surface area contributed by atoms with Gasteiger partial charge in [0.15, 0.2) is 5.82 Å². The second-order valence-corrected chi connectivity index (χ2v) is 7.36. The van der Waals surface area contributed by atoms with Crippen LogP contribution in [0.25, 0.3) is 0 Å². The second kappa shape index (κ2) is 7.68. The molecule has 6 heteroatoms. The van der Waals surface area contributed by atoms with Gasteiger partial charge in [0, 0.05) is 13.5 Å². The minimum Gasteiger partial charge on any atom is -0.337 e. The van der Waals surface area contributed by atoms with E-state index < -0.39 is 0 Å². The Morgan fingerprint density at radius 2 is 1.92 bits per heavy atom. The van der Waals surface area contributed by atoms with Gasteiger partial charge in [-0.3, -0.25) is 0 Å². The molecule has 0 unspecified atom stereocenters. The number of benzene rings is 1. The van der Waals surface area contributed by atoms with Crippen molar-refractivity contribution < 1.29 is 9.32 Å². The Hall–Kier alpha value is -2.37. The Kier molecular flexibility index (Phi) is 5.82. The summed E-state index contributed by atoms with van der Waals surface area (Å²) in [6, 6.07) is 8.11. The van der Waals surface area contributed by atoms with E-state index >= 15 is 0 Å². The van der Waals surface area contributed by atoms with Crippen LogP contribution in [0.2, 0.25) is 0 Å². The first-order valence-electron chi connectivity index (χ1n) is 8.64. The van der Waals surface area contributed by atoms with Crippen LogP contribution >= 0.6 is 0 Å². The number of urea groups is 1. The summed E-state index contributed by atoms with van der Waals surface area (Å²) in [5.41, 5.74) is 2.46. The molecule has 1 heterocycles. The van der Waals surface area contributed by atoms with Gasteiger partial charge < -0.3 is 14.7 Å². The molecule has 2 amide bonds. The van der Waals surface area contributed by atoms with Crippen molar-refractivity contribution in [1.29, 1.82) is 0 Å². The molecule has 136 valence electrons. The maximum Gasteiger partial charge on any atom is 0.318 e. The molecule has 1 N–H and O–H groups in total. The van der Waals surface area contributed by atoms with Crippen molar-refractivity contribution in [2.75, 3.05) is 7.05 Å². The molecular weight excluding hydrogens is 316 g/mol. The summed E-state index contributed by atoms with van der Waals surface area (Å²) in [6.07, 6.45) is 0.709. The number of nitrogens with one attached hydrogen (secondary N) is 1. The maximum atomic E-state index is 12.4. The zero-order valence-corrected chi connectivity index (χ0v) is 16.0. The molecule has 2 rings (SSSR count). The van der Waals surface area contributed by atoms with E-state index in [1.165, 1.54) is 10.5 Å². The van der Waals surface area contributed by atoms with Crippen molar-refractivity contribution >= 4 is 6.03 Å². The molecular formula is C19H28N4O2. The highest BCUT2D eigenvalue weighted by atomic mass is 16.5. The highest BCUT2D eigenvalue weighted by Gasteiger charge is 2.17. The van der Waals surface area contributed by atoms with Crippen LogP contribution in [0.15, 0.2) is 28.8 Å². The van der Waals surface area contributed by atoms with Gasteiger partial charge in [-0.2, -0.15) is 4.98 Å². The van der Waals surface area contributed by atoms with Gasteiger partial charge in [-0.1, -0.05) is 57.1 Å². The smallest absolute Gasteiger partial charge is 0.318 e. The first kappa shape index (κ1) is 19.0. The minimum absolute atomic E-state index is 0.0853. The molecule has 0 bridgehead atoms. The van der Waals surface area contributed by atoms with Crippen LogP contribution in [0.3, 0.4) is 0 Å². The van der Waals surface area contributed by atoms with Crippen molar-refractivity contribution in [3.8, 4) is 0 Å². The average molecular weight is 344 g/mol. The highest BCUT2D eigenvalue weighted by Crippen LogP contribution is 2.24. The third kappa shape index (κ3) is 5.05. The van der Waals surface area contributed by atoms with Crippen molar-refractivity contribution in [2.45, 2.75) is 59.0 Å². The molecule has 1 atom stereocenters. The molecule has 0 radical (unpaired) electrons. The highest BCUT2D eigenvalue weighted by molar-refractivity contribution is 5.74. The van der Waals surface area contributed by atoms with E-state index in [9.17, 15) is 4.79 Å². The quantitative estimate of drug-likeness (QED) is 0.895. The number of hydrogen-bond donors (Lipinski definition) is 1. The normalized spacial score (nSPS) is 12.7. The first-order valence-corrected chi connectivity index (χ1v) is 8.64. The lowest BCUT2D eigenvalue weighted by molar-refractivity contribution is 0.196. The van der Waals surface area contributed by atoms with Crippen LogP contribution in [0.1, 0.15) is 63.5 Å². The average Bonchev–Trinajstić information content (AvgIpc) is 3.01. The van der Waals surface area contributed by atoms with Crippen LogP contribution in [0, 0.1) is 0 Å². The summed E-state index contributed by atoms with van der Waals surface area (Å²) in [5, 5.41) is 6.83. The number of carbonyl (C=O) groups is 1. The number of aryl methyl sites for hydroxylation is 1. The number of nitrogens with zero attached hydrogens (tertiary/aromatic N) is 3. The predicted octanol–water partition coefficient (Wildman–Crippen LogP) is 3.83. The first-order chi connectivity index (χ1) is 11.7. The molecule has 6 nitrogen and oxygen atoms in total. The van der Waals surface area contributed by atoms with Gasteiger partial charge in [-0.05, 0) is 23.5 Å². The van der Waals surface area contributed by atoms with Crippen molar-refractivity contribution in [3.05, 3.63) is 47.1 Å². The number of amides is 2. The Morgan fingerprint density at radius 1 is 1.28 bits per heavy atom. The fourth-order valence-corrected chi connectivity index (χ4v) is 2.42. The van der Waals surface area contributed by atoms with Crippen LogP contribution in [0.5, 0.6) is 0 Å². The summed E-state index contributed by atoms with van der Waals surface area (Å²) in [7, 11) is 1.71. The molecule has 1 aromatic heterocycles. The van der Waals surface area contributed by atoms with Crippen LogP contribution in [0.4, 0.5) is 4.79 Å². The Bertz CT molecular complexity index is 701. The number of rotatable bonds is 5. The van der Waals surface area contributed by atoms with E-state index in [-0.39, 0.29) is 24.0 Å². The zero-order valence-electron chi connectivity index (χ0n) is 16.0. The van der Waals surface area contributed by atoms with Crippen LogP contribution in [-0.2, 0) is 18.4 Å². The lowest BCUT2D eigenvalue weighted by Crippen LogP contribution is -2.38. The molecule has 2 aromatic rings. The van der Waals surface area contributed by atoms with Gasteiger partial charge in [0.05, 0.1) is 6.04 Å². The second-order valence-electron chi connectivity index (χ2n) is 7.36. The van der Waals surface area contributed by atoms with Crippen LogP contribution in [-0.4, -0.2) is 28.1 Å². The largest absolute Gasteiger partial charge is 0.337 e. The molecule has 0 aliphatic rings. The SMILES string of the molecule is CCc1noc(CN(C)C(=O)N[C@H](C)c2ccc(C(C)(C)C)cc2)n1. The Balaban J connectivity index is 1.94. The monoisotopic (exact) mass is 344 g/mol. The number of carbonyl (C=O) groups excluding carboxylic acids is 1. The Labute approximate surface area is 149 Å². The van der Waals surface area contributed by atoms with Gasteiger partial charge >= 0.3 is 6.03 Å². The molecule has 0 aliphatic heterocycles. The molecule has 0 fully saturated rings. The van der Waals surface area contributed by atoms with E-state index in [4.69, 9.17) is 4.52 Å². The third-order valence-corrected chi connectivity index (χ3v) is 4.16. The van der Waals surface area contributed by atoms with Crippen LogP contribution < -0.4 is 5.32 Å². The maximum absolute atomic E-state index is 12.4. The van der Waals surface area contributed by atoms with E-state index in [0.29, 0.717) is 18.1 Å². The van der Waals surface area contributed by atoms with Gasteiger partial charge in [-0.25, -0.2) is 4.79 Å². The molecule has 0 spiro atoms. The molecule has 25 heavy (non-hydrogen) atoms. The van der Waals surface area contributed by atoms with E-state index in [1.807, 2.05) is 13.8 Å². The van der Waals surface area contributed by atoms with Gasteiger partial charge in [0.25, 0.3) is 0 Å². The van der Waals surface area contributed by atoms with Crippen molar-refractivity contribution in [1.82, 2.24) is 20.4 Å². The fraction of sp³-hybridized carbons (Fsp3) is 0.526. The number of aromatic nitrogens is 2. The molecule has 1 aromatic carbocycles. The summed E-state index contributed by atoms with van der Waals surface area (Å²) >= 11 is 0. The van der Waals surface area contributed by atoms with Gasteiger partial charge in [-0.15, -0.1) is 0 Å². The summed E-state index contributed by atoms with van der Waals surface area (Å²) < 4.78 is 5.13. The summed E-state index contributed by atoms with van der Waals surface area (Å²) in [6.45, 7) is 10.8.